The summed E-state index contributed by atoms with van der Waals surface area (Å²) in [7, 11) is 0. The minimum absolute atomic E-state index is 0.0338. The third-order valence-corrected chi connectivity index (χ3v) is 9.42. The van der Waals surface area contributed by atoms with Gasteiger partial charge >= 0.3 is 0 Å². The molecule has 2 bridgehead atoms. The van der Waals surface area contributed by atoms with Gasteiger partial charge in [0.15, 0.2) is 5.69 Å². The van der Waals surface area contributed by atoms with Crippen LogP contribution in [0.25, 0.3) is 0 Å². The zero-order valence-corrected chi connectivity index (χ0v) is 20.4. The summed E-state index contributed by atoms with van der Waals surface area (Å²) in [6, 6.07) is 0.567. The zero-order chi connectivity index (χ0) is 22.7. The van der Waals surface area contributed by atoms with Gasteiger partial charge in [-0.15, -0.1) is 0 Å². The van der Waals surface area contributed by atoms with Crippen molar-refractivity contribution in [2.24, 2.45) is 16.7 Å². The Hall–Kier alpha value is -1.85. The molecule has 2 heterocycles. The fraction of sp³-hybridized carbons (Fsp3) is 0.808. The standard InChI is InChI=1S/C26H40N4O2/c1-5-21(31)29-14-12-20-19(16-29)22(28-30(20)18-9-7-6-8-10-18)23(32)27-24-25(2,3)17-11-13-26(24,4)15-17/h17-18,24H,5-16H2,1-4H3,(H,27,32). The van der Waals surface area contributed by atoms with Crippen LogP contribution in [0.15, 0.2) is 0 Å². The van der Waals surface area contributed by atoms with Crippen LogP contribution >= 0.6 is 0 Å². The fourth-order valence-corrected chi connectivity index (χ4v) is 7.55. The van der Waals surface area contributed by atoms with E-state index < -0.39 is 0 Å². The number of hydrogen-bond acceptors (Lipinski definition) is 3. The third-order valence-electron chi connectivity index (χ3n) is 9.42. The monoisotopic (exact) mass is 440 g/mol. The summed E-state index contributed by atoms with van der Waals surface area (Å²) < 4.78 is 2.19. The van der Waals surface area contributed by atoms with E-state index in [4.69, 9.17) is 5.10 Å². The molecule has 0 spiro atoms. The largest absolute Gasteiger partial charge is 0.347 e. The number of nitrogens with one attached hydrogen (secondary N) is 1. The maximum absolute atomic E-state index is 13.7. The second-order valence-corrected chi connectivity index (χ2v) is 11.8. The molecule has 2 amide bonds. The van der Waals surface area contributed by atoms with E-state index in [9.17, 15) is 9.59 Å². The molecule has 1 aliphatic heterocycles. The van der Waals surface area contributed by atoms with Crippen LogP contribution in [-0.4, -0.2) is 39.1 Å². The molecule has 3 unspecified atom stereocenters. The minimum atomic E-state index is -0.0338. The lowest BCUT2D eigenvalue weighted by Crippen LogP contribution is -2.52. The number of fused-ring (bicyclic) bond motifs is 3. The van der Waals surface area contributed by atoms with Gasteiger partial charge in [-0.3, -0.25) is 14.3 Å². The molecule has 6 nitrogen and oxygen atoms in total. The average Bonchev–Trinajstić information content (AvgIpc) is 3.43. The van der Waals surface area contributed by atoms with Crippen molar-refractivity contribution in [1.29, 1.82) is 0 Å². The first-order valence-electron chi connectivity index (χ1n) is 12.9. The highest BCUT2D eigenvalue weighted by Gasteiger charge is 2.59. The van der Waals surface area contributed by atoms with Crippen molar-refractivity contribution >= 4 is 11.8 Å². The summed E-state index contributed by atoms with van der Waals surface area (Å²) in [4.78, 5) is 28.1. The SMILES string of the molecule is CCC(=O)N1CCc2c(c(C(=O)NC3C4(C)CCC(C4)C3(C)C)nn2C2CCCCC2)C1. The molecule has 32 heavy (non-hydrogen) atoms. The molecule has 1 aromatic rings. The zero-order valence-electron chi connectivity index (χ0n) is 20.4. The molecule has 1 N–H and O–H groups in total. The summed E-state index contributed by atoms with van der Waals surface area (Å²) in [5.41, 5.74) is 3.05. The first-order chi connectivity index (χ1) is 15.2. The quantitative estimate of drug-likeness (QED) is 0.742. The number of amides is 2. The van der Waals surface area contributed by atoms with Gasteiger partial charge in [-0.1, -0.05) is 47.0 Å². The van der Waals surface area contributed by atoms with Gasteiger partial charge in [-0.2, -0.15) is 5.10 Å². The van der Waals surface area contributed by atoms with Crippen LogP contribution in [0, 0.1) is 16.7 Å². The highest BCUT2D eigenvalue weighted by Crippen LogP contribution is 2.62. The number of nitrogens with zero attached hydrogens (tertiary/aromatic N) is 3. The normalized spacial score (nSPS) is 31.6. The lowest BCUT2D eigenvalue weighted by Gasteiger charge is -2.43. The van der Waals surface area contributed by atoms with E-state index >= 15 is 0 Å². The number of hydrogen-bond donors (Lipinski definition) is 1. The Labute approximate surface area is 192 Å². The van der Waals surface area contributed by atoms with Gasteiger partial charge < -0.3 is 10.2 Å². The second-order valence-electron chi connectivity index (χ2n) is 11.8. The molecule has 0 saturated heterocycles. The molecule has 4 aliphatic rings. The van der Waals surface area contributed by atoms with Crippen LogP contribution in [0.5, 0.6) is 0 Å². The Bertz CT molecular complexity index is 908. The van der Waals surface area contributed by atoms with Crippen molar-refractivity contribution in [3.8, 4) is 0 Å². The Kier molecular flexibility index (Phi) is 5.41. The Morgan fingerprint density at radius 3 is 2.53 bits per heavy atom. The molecule has 176 valence electrons. The molecule has 0 radical (unpaired) electrons. The van der Waals surface area contributed by atoms with Gasteiger partial charge in [0.05, 0.1) is 6.04 Å². The number of aromatic nitrogens is 2. The molecule has 3 saturated carbocycles. The van der Waals surface area contributed by atoms with E-state index in [1.54, 1.807) is 0 Å². The van der Waals surface area contributed by atoms with Crippen LogP contribution in [0.1, 0.15) is 113 Å². The smallest absolute Gasteiger partial charge is 0.272 e. The van der Waals surface area contributed by atoms with E-state index in [2.05, 4.69) is 30.8 Å². The first kappa shape index (κ1) is 22.0. The van der Waals surface area contributed by atoms with Crippen molar-refractivity contribution in [2.75, 3.05) is 6.54 Å². The lowest BCUT2D eigenvalue weighted by molar-refractivity contribution is -0.131. The summed E-state index contributed by atoms with van der Waals surface area (Å²) >= 11 is 0. The van der Waals surface area contributed by atoms with Gasteiger partial charge in [0.2, 0.25) is 5.91 Å². The number of carbonyl (C=O) groups is 2. The van der Waals surface area contributed by atoms with E-state index in [1.165, 1.54) is 44.2 Å². The minimum Gasteiger partial charge on any atom is -0.347 e. The second kappa shape index (κ2) is 7.88. The summed E-state index contributed by atoms with van der Waals surface area (Å²) in [6.07, 6.45) is 11.0. The van der Waals surface area contributed by atoms with Gasteiger partial charge in [-0.05, 0) is 48.9 Å². The highest BCUT2D eigenvalue weighted by atomic mass is 16.2. The summed E-state index contributed by atoms with van der Waals surface area (Å²) in [5.74, 6) is 0.812. The van der Waals surface area contributed by atoms with Gasteiger partial charge in [-0.25, -0.2) is 0 Å². The molecule has 5 rings (SSSR count). The number of carbonyl (C=O) groups excluding carboxylic acids is 2. The van der Waals surface area contributed by atoms with Crippen LogP contribution in [0.4, 0.5) is 0 Å². The Morgan fingerprint density at radius 2 is 1.88 bits per heavy atom. The van der Waals surface area contributed by atoms with E-state index in [1.807, 2.05) is 11.8 Å². The van der Waals surface area contributed by atoms with Crippen molar-refractivity contribution < 1.29 is 9.59 Å². The number of rotatable bonds is 4. The van der Waals surface area contributed by atoms with E-state index in [-0.39, 0.29) is 28.7 Å². The van der Waals surface area contributed by atoms with Crippen molar-refractivity contribution in [3.63, 3.8) is 0 Å². The average molecular weight is 441 g/mol. The predicted octanol–water partition coefficient (Wildman–Crippen LogP) is 4.63. The maximum Gasteiger partial charge on any atom is 0.272 e. The van der Waals surface area contributed by atoms with Crippen LogP contribution in [0.3, 0.4) is 0 Å². The van der Waals surface area contributed by atoms with Gasteiger partial charge in [0.1, 0.15) is 0 Å². The van der Waals surface area contributed by atoms with Crippen LogP contribution in [0.2, 0.25) is 0 Å². The Morgan fingerprint density at radius 1 is 1.12 bits per heavy atom. The third kappa shape index (κ3) is 3.40. The lowest BCUT2D eigenvalue weighted by atomic mass is 9.68. The molecular formula is C26H40N4O2. The van der Waals surface area contributed by atoms with E-state index in [0.29, 0.717) is 30.6 Å². The first-order valence-corrected chi connectivity index (χ1v) is 12.9. The Balaban J connectivity index is 1.47. The van der Waals surface area contributed by atoms with E-state index in [0.717, 1.165) is 31.4 Å². The molecule has 3 atom stereocenters. The topological polar surface area (TPSA) is 67.2 Å². The molecule has 3 fully saturated rings. The fourth-order valence-electron chi connectivity index (χ4n) is 7.55. The molecule has 6 heteroatoms. The molecular weight excluding hydrogens is 400 g/mol. The molecule has 1 aromatic heterocycles. The van der Waals surface area contributed by atoms with Crippen LogP contribution in [-0.2, 0) is 17.8 Å². The van der Waals surface area contributed by atoms with Crippen molar-refractivity contribution in [1.82, 2.24) is 20.0 Å². The van der Waals surface area contributed by atoms with Crippen molar-refractivity contribution in [3.05, 3.63) is 17.0 Å². The maximum atomic E-state index is 13.7. The molecule has 3 aliphatic carbocycles. The summed E-state index contributed by atoms with van der Waals surface area (Å²) in [5, 5.41) is 8.44. The predicted molar refractivity (Wildman–Crippen MR) is 124 cm³/mol. The van der Waals surface area contributed by atoms with Crippen molar-refractivity contribution in [2.45, 2.75) is 111 Å². The molecule has 0 aromatic carbocycles. The van der Waals surface area contributed by atoms with Gasteiger partial charge in [0, 0.05) is 43.2 Å². The van der Waals surface area contributed by atoms with Crippen LogP contribution < -0.4 is 5.32 Å². The van der Waals surface area contributed by atoms with Gasteiger partial charge in [0.25, 0.3) is 5.91 Å². The summed E-state index contributed by atoms with van der Waals surface area (Å²) in [6.45, 7) is 10.2. The highest BCUT2D eigenvalue weighted by molar-refractivity contribution is 5.94.